The van der Waals surface area contributed by atoms with Crippen LogP contribution in [-0.4, -0.2) is 6.61 Å². The van der Waals surface area contributed by atoms with Gasteiger partial charge in [0.25, 0.3) is 0 Å². The van der Waals surface area contributed by atoms with Crippen LogP contribution in [0, 0.1) is 5.82 Å². The summed E-state index contributed by atoms with van der Waals surface area (Å²) in [6.07, 6.45) is 1.01. The maximum Gasteiger partial charge on any atom is 0.123 e. The predicted octanol–water partition coefficient (Wildman–Crippen LogP) is 4.47. The van der Waals surface area contributed by atoms with E-state index in [1.165, 1.54) is 11.6 Å². The van der Waals surface area contributed by atoms with Gasteiger partial charge in [0, 0.05) is 12.6 Å². The van der Waals surface area contributed by atoms with E-state index in [-0.39, 0.29) is 11.9 Å². The molecule has 0 spiro atoms. The maximum absolute atomic E-state index is 13.1. The molecule has 2 aromatic carbocycles. The van der Waals surface area contributed by atoms with E-state index in [2.05, 4.69) is 31.3 Å². The highest BCUT2D eigenvalue weighted by molar-refractivity contribution is 5.29. The summed E-state index contributed by atoms with van der Waals surface area (Å²) < 4.78 is 18.7. The van der Waals surface area contributed by atoms with E-state index in [4.69, 9.17) is 4.74 Å². The van der Waals surface area contributed by atoms with Gasteiger partial charge in [0.05, 0.1) is 6.61 Å². The Morgan fingerprint density at radius 3 is 2.57 bits per heavy atom. The molecular weight excluding hydrogens is 265 g/mol. The molecule has 0 fully saturated rings. The van der Waals surface area contributed by atoms with Gasteiger partial charge in [0.2, 0.25) is 0 Å². The van der Waals surface area contributed by atoms with Crippen molar-refractivity contribution in [3.63, 3.8) is 0 Å². The highest BCUT2D eigenvalue weighted by Crippen LogP contribution is 2.18. The standard InChI is InChI=1S/C18H22FNO/c1-3-11-21-18-9-7-16(8-10-18)14(2)20-13-15-5-4-6-17(19)12-15/h4-10,12,14,20H,3,11,13H2,1-2H3. The van der Waals surface area contributed by atoms with Crippen LogP contribution in [0.1, 0.15) is 37.4 Å². The number of ether oxygens (including phenoxy) is 1. The summed E-state index contributed by atoms with van der Waals surface area (Å²) in [5.41, 5.74) is 2.14. The van der Waals surface area contributed by atoms with Crippen molar-refractivity contribution in [1.29, 1.82) is 0 Å². The number of benzene rings is 2. The predicted molar refractivity (Wildman–Crippen MR) is 83.9 cm³/mol. The van der Waals surface area contributed by atoms with E-state index in [1.807, 2.05) is 18.2 Å². The zero-order chi connectivity index (χ0) is 15.1. The summed E-state index contributed by atoms with van der Waals surface area (Å²) in [5.74, 6) is 0.706. The van der Waals surface area contributed by atoms with Crippen LogP contribution in [0.5, 0.6) is 5.75 Å². The number of nitrogens with one attached hydrogen (secondary N) is 1. The Balaban J connectivity index is 1.89. The topological polar surface area (TPSA) is 21.3 Å². The zero-order valence-corrected chi connectivity index (χ0v) is 12.6. The number of halogens is 1. The molecule has 2 nitrogen and oxygen atoms in total. The first-order valence-electron chi connectivity index (χ1n) is 7.39. The van der Waals surface area contributed by atoms with Crippen LogP contribution in [0.2, 0.25) is 0 Å². The lowest BCUT2D eigenvalue weighted by Gasteiger charge is -2.15. The smallest absolute Gasteiger partial charge is 0.123 e. The molecular formula is C18H22FNO. The van der Waals surface area contributed by atoms with Gasteiger partial charge in [0.15, 0.2) is 0 Å². The van der Waals surface area contributed by atoms with Crippen LogP contribution in [0.4, 0.5) is 4.39 Å². The second-order valence-electron chi connectivity index (χ2n) is 5.15. The minimum atomic E-state index is -0.195. The SMILES string of the molecule is CCCOc1ccc(C(C)NCc2cccc(F)c2)cc1. The molecule has 0 aromatic heterocycles. The van der Waals surface area contributed by atoms with Crippen LogP contribution < -0.4 is 10.1 Å². The normalized spacial score (nSPS) is 12.1. The van der Waals surface area contributed by atoms with Gasteiger partial charge >= 0.3 is 0 Å². The van der Waals surface area contributed by atoms with Gasteiger partial charge in [-0.25, -0.2) is 4.39 Å². The second-order valence-corrected chi connectivity index (χ2v) is 5.15. The van der Waals surface area contributed by atoms with E-state index in [0.29, 0.717) is 6.54 Å². The molecule has 0 aliphatic carbocycles. The molecule has 0 bridgehead atoms. The summed E-state index contributed by atoms with van der Waals surface area (Å²) in [6.45, 7) is 5.58. The minimum Gasteiger partial charge on any atom is -0.494 e. The molecule has 0 amide bonds. The molecule has 0 heterocycles. The molecule has 2 rings (SSSR count). The van der Waals surface area contributed by atoms with E-state index in [9.17, 15) is 4.39 Å². The maximum atomic E-state index is 13.1. The molecule has 2 aromatic rings. The molecule has 1 N–H and O–H groups in total. The van der Waals surface area contributed by atoms with Crippen molar-refractivity contribution < 1.29 is 9.13 Å². The molecule has 1 unspecified atom stereocenters. The molecule has 1 atom stereocenters. The van der Waals surface area contributed by atoms with Crippen LogP contribution in [0.15, 0.2) is 48.5 Å². The van der Waals surface area contributed by atoms with Crippen molar-refractivity contribution in [2.75, 3.05) is 6.61 Å². The van der Waals surface area contributed by atoms with Gasteiger partial charge in [-0.3, -0.25) is 0 Å². The van der Waals surface area contributed by atoms with Crippen molar-refractivity contribution in [3.8, 4) is 5.75 Å². The van der Waals surface area contributed by atoms with E-state index >= 15 is 0 Å². The first-order valence-corrected chi connectivity index (χ1v) is 7.39. The molecule has 0 saturated heterocycles. The van der Waals surface area contributed by atoms with Crippen LogP contribution in [0.3, 0.4) is 0 Å². The van der Waals surface area contributed by atoms with Crippen LogP contribution in [0.25, 0.3) is 0 Å². The Morgan fingerprint density at radius 2 is 1.90 bits per heavy atom. The lowest BCUT2D eigenvalue weighted by atomic mass is 10.1. The Kier molecular flexibility index (Phi) is 5.76. The number of hydrogen-bond donors (Lipinski definition) is 1. The third-order valence-electron chi connectivity index (χ3n) is 3.35. The zero-order valence-electron chi connectivity index (χ0n) is 12.6. The third-order valence-corrected chi connectivity index (χ3v) is 3.35. The van der Waals surface area contributed by atoms with E-state index < -0.39 is 0 Å². The highest BCUT2D eigenvalue weighted by atomic mass is 19.1. The average molecular weight is 287 g/mol. The summed E-state index contributed by atoms with van der Waals surface area (Å²) in [6, 6.07) is 15.0. The van der Waals surface area contributed by atoms with Crippen molar-refractivity contribution in [3.05, 3.63) is 65.5 Å². The first kappa shape index (κ1) is 15.5. The average Bonchev–Trinajstić information content (AvgIpc) is 2.51. The van der Waals surface area contributed by atoms with Gasteiger partial charge in [-0.15, -0.1) is 0 Å². The molecule has 112 valence electrons. The van der Waals surface area contributed by atoms with Crippen molar-refractivity contribution in [2.24, 2.45) is 0 Å². The Bertz CT molecular complexity index is 553. The lowest BCUT2D eigenvalue weighted by molar-refractivity contribution is 0.317. The fraction of sp³-hybridized carbons (Fsp3) is 0.333. The molecule has 0 aliphatic rings. The lowest BCUT2D eigenvalue weighted by Crippen LogP contribution is -2.18. The Hall–Kier alpha value is -1.87. The van der Waals surface area contributed by atoms with Gasteiger partial charge in [-0.1, -0.05) is 31.2 Å². The second kappa shape index (κ2) is 7.79. The highest BCUT2D eigenvalue weighted by Gasteiger charge is 2.05. The van der Waals surface area contributed by atoms with E-state index in [0.717, 1.165) is 24.3 Å². The number of rotatable bonds is 7. The summed E-state index contributed by atoms with van der Waals surface area (Å²) in [7, 11) is 0. The van der Waals surface area contributed by atoms with Crippen molar-refractivity contribution >= 4 is 0 Å². The monoisotopic (exact) mass is 287 g/mol. The third kappa shape index (κ3) is 4.87. The minimum absolute atomic E-state index is 0.195. The van der Waals surface area contributed by atoms with Crippen molar-refractivity contribution in [2.45, 2.75) is 32.9 Å². The molecule has 3 heteroatoms. The summed E-state index contributed by atoms with van der Waals surface area (Å²) in [4.78, 5) is 0. The quantitative estimate of drug-likeness (QED) is 0.811. The van der Waals surface area contributed by atoms with Crippen LogP contribution in [-0.2, 0) is 6.54 Å². The summed E-state index contributed by atoms with van der Waals surface area (Å²) in [5, 5.41) is 3.40. The molecule has 0 aliphatic heterocycles. The van der Waals surface area contributed by atoms with E-state index in [1.54, 1.807) is 12.1 Å². The fourth-order valence-corrected chi connectivity index (χ4v) is 2.11. The Morgan fingerprint density at radius 1 is 1.14 bits per heavy atom. The van der Waals surface area contributed by atoms with Crippen LogP contribution >= 0.6 is 0 Å². The van der Waals surface area contributed by atoms with Gasteiger partial charge in [-0.2, -0.15) is 0 Å². The largest absolute Gasteiger partial charge is 0.494 e. The number of hydrogen-bond acceptors (Lipinski definition) is 2. The molecule has 0 saturated carbocycles. The fourth-order valence-electron chi connectivity index (χ4n) is 2.11. The Labute approximate surface area is 126 Å². The van der Waals surface area contributed by atoms with Gasteiger partial charge < -0.3 is 10.1 Å². The van der Waals surface area contributed by atoms with Gasteiger partial charge in [0.1, 0.15) is 11.6 Å². The first-order chi connectivity index (χ1) is 10.2. The molecule has 0 radical (unpaired) electrons. The molecule has 21 heavy (non-hydrogen) atoms. The summed E-state index contributed by atoms with van der Waals surface area (Å²) >= 11 is 0. The van der Waals surface area contributed by atoms with Gasteiger partial charge in [-0.05, 0) is 48.7 Å². The van der Waals surface area contributed by atoms with Crippen molar-refractivity contribution in [1.82, 2.24) is 5.32 Å².